The van der Waals surface area contributed by atoms with E-state index in [-0.39, 0.29) is 0 Å². The van der Waals surface area contributed by atoms with Gasteiger partial charge in [-0.1, -0.05) is 6.92 Å². The SMILES string of the molecule is CCCOc1ccc(S(=O)(=O)N2CCOCC2)cc1. The van der Waals surface area contributed by atoms with Crippen molar-refractivity contribution in [1.82, 2.24) is 4.31 Å². The van der Waals surface area contributed by atoms with Crippen LogP contribution in [-0.2, 0) is 14.8 Å². The van der Waals surface area contributed by atoms with Crippen LogP contribution < -0.4 is 4.74 Å². The van der Waals surface area contributed by atoms with E-state index in [0.29, 0.717) is 43.6 Å². The highest BCUT2D eigenvalue weighted by atomic mass is 32.2. The Morgan fingerprint density at radius 2 is 1.84 bits per heavy atom. The normalized spacial score (nSPS) is 17.3. The number of hydrogen-bond acceptors (Lipinski definition) is 4. The molecule has 2 rings (SSSR count). The summed E-state index contributed by atoms with van der Waals surface area (Å²) in [7, 11) is -3.40. The van der Waals surface area contributed by atoms with E-state index >= 15 is 0 Å². The van der Waals surface area contributed by atoms with Gasteiger partial charge in [0.15, 0.2) is 0 Å². The molecule has 0 amide bonds. The lowest BCUT2D eigenvalue weighted by Crippen LogP contribution is -2.40. The summed E-state index contributed by atoms with van der Waals surface area (Å²) in [6.45, 7) is 4.40. The molecular formula is C13H19NO4S. The van der Waals surface area contributed by atoms with E-state index in [9.17, 15) is 8.42 Å². The van der Waals surface area contributed by atoms with Crippen LogP contribution in [0.4, 0.5) is 0 Å². The summed E-state index contributed by atoms with van der Waals surface area (Å²) >= 11 is 0. The van der Waals surface area contributed by atoms with E-state index in [0.717, 1.165) is 6.42 Å². The maximum atomic E-state index is 12.3. The van der Waals surface area contributed by atoms with Crippen LogP contribution in [0.3, 0.4) is 0 Å². The molecule has 0 N–H and O–H groups in total. The van der Waals surface area contributed by atoms with Crippen molar-refractivity contribution < 1.29 is 17.9 Å². The lowest BCUT2D eigenvalue weighted by molar-refractivity contribution is 0.0730. The molecule has 0 radical (unpaired) electrons. The van der Waals surface area contributed by atoms with E-state index in [2.05, 4.69) is 0 Å². The molecule has 6 heteroatoms. The third kappa shape index (κ3) is 3.46. The number of hydrogen-bond donors (Lipinski definition) is 0. The van der Waals surface area contributed by atoms with Crippen molar-refractivity contribution in [2.75, 3.05) is 32.9 Å². The number of ether oxygens (including phenoxy) is 2. The van der Waals surface area contributed by atoms with Crippen molar-refractivity contribution in [1.29, 1.82) is 0 Å². The molecule has 5 nitrogen and oxygen atoms in total. The Balaban J connectivity index is 2.11. The molecule has 0 bridgehead atoms. The number of rotatable bonds is 5. The van der Waals surface area contributed by atoms with Crippen molar-refractivity contribution in [3.63, 3.8) is 0 Å². The molecule has 1 saturated heterocycles. The zero-order chi connectivity index (χ0) is 13.7. The van der Waals surface area contributed by atoms with E-state index in [1.165, 1.54) is 4.31 Å². The summed E-state index contributed by atoms with van der Waals surface area (Å²) < 4.78 is 36.7. The van der Waals surface area contributed by atoms with Gasteiger partial charge < -0.3 is 9.47 Å². The fourth-order valence-electron chi connectivity index (χ4n) is 1.86. The van der Waals surface area contributed by atoms with Gasteiger partial charge in [-0.15, -0.1) is 0 Å². The minimum Gasteiger partial charge on any atom is -0.494 e. The molecule has 1 aromatic rings. The first-order chi connectivity index (χ1) is 9.14. The maximum absolute atomic E-state index is 12.3. The zero-order valence-corrected chi connectivity index (χ0v) is 11.9. The summed E-state index contributed by atoms with van der Waals surface area (Å²) in [6, 6.07) is 6.58. The third-order valence-electron chi connectivity index (χ3n) is 2.90. The van der Waals surface area contributed by atoms with Crippen LogP contribution in [0.25, 0.3) is 0 Å². The van der Waals surface area contributed by atoms with E-state index in [4.69, 9.17) is 9.47 Å². The summed E-state index contributed by atoms with van der Waals surface area (Å²) in [6.07, 6.45) is 0.924. The van der Waals surface area contributed by atoms with Gasteiger partial charge in [-0.3, -0.25) is 0 Å². The van der Waals surface area contributed by atoms with Crippen LogP contribution in [0.5, 0.6) is 5.75 Å². The number of sulfonamides is 1. The highest BCUT2D eigenvalue weighted by molar-refractivity contribution is 7.89. The van der Waals surface area contributed by atoms with Crippen molar-refractivity contribution in [3.05, 3.63) is 24.3 Å². The van der Waals surface area contributed by atoms with Crippen LogP contribution in [0, 0.1) is 0 Å². The summed E-state index contributed by atoms with van der Waals surface area (Å²) in [5.74, 6) is 0.697. The quantitative estimate of drug-likeness (QED) is 0.822. The fourth-order valence-corrected chi connectivity index (χ4v) is 3.27. The minimum atomic E-state index is -3.40. The average molecular weight is 285 g/mol. The molecule has 0 spiro atoms. The first-order valence-corrected chi connectivity index (χ1v) is 7.89. The summed E-state index contributed by atoms with van der Waals surface area (Å²) in [5.41, 5.74) is 0. The summed E-state index contributed by atoms with van der Waals surface area (Å²) in [4.78, 5) is 0.304. The van der Waals surface area contributed by atoms with Gasteiger partial charge in [-0.2, -0.15) is 4.31 Å². The predicted octanol–water partition coefficient (Wildman–Crippen LogP) is 1.50. The predicted molar refractivity (Wildman–Crippen MR) is 71.8 cm³/mol. The Morgan fingerprint density at radius 3 is 2.42 bits per heavy atom. The molecule has 19 heavy (non-hydrogen) atoms. The molecule has 1 aliphatic heterocycles. The molecule has 0 aromatic heterocycles. The molecule has 0 atom stereocenters. The lowest BCUT2D eigenvalue weighted by atomic mass is 10.3. The minimum absolute atomic E-state index is 0.304. The Hall–Kier alpha value is -1.11. The molecule has 1 aromatic carbocycles. The first kappa shape index (κ1) is 14.3. The summed E-state index contributed by atoms with van der Waals surface area (Å²) in [5, 5.41) is 0. The van der Waals surface area contributed by atoms with Gasteiger partial charge in [-0.05, 0) is 30.7 Å². The Bertz CT molecular complexity index is 492. The van der Waals surface area contributed by atoms with E-state index in [1.807, 2.05) is 6.92 Å². The van der Waals surface area contributed by atoms with Crippen molar-refractivity contribution >= 4 is 10.0 Å². The van der Waals surface area contributed by atoms with Crippen LogP contribution in [-0.4, -0.2) is 45.6 Å². The maximum Gasteiger partial charge on any atom is 0.243 e. The fraction of sp³-hybridized carbons (Fsp3) is 0.538. The second-order valence-corrected chi connectivity index (χ2v) is 6.27. The van der Waals surface area contributed by atoms with Crippen molar-refractivity contribution in [3.8, 4) is 5.75 Å². The zero-order valence-electron chi connectivity index (χ0n) is 11.0. The molecular weight excluding hydrogens is 266 g/mol. The van der Waals surface area contributed by atoms with Gasteiger partial charge in [-0.25, -0.2) is 8.42 Å². The largest absolute Gasteiger partial charge is 0.494 e. The first-order valence-electron chi connectivity index (χ1n) is 6.45. The van der Waals surface area contributed by atoms with Gasteiger partial charge in [0.05, 0.1) is 24.7 Å². The molecule has 0 saturated carbocycles. The monoisotopic (exact) mass is 285 g/mol. The van der Waals surface area contributed by atoms with Crippen molar-refractivity contribution in [2.45, 2.75) is 18.2 Å². The third-order valence-corrected chi connectivity index (χ3v) is 4.82. The number of nitrogens with zero attached hydrogens (tertiary/aromatic N) is 1. The molecule has 0 aliphatic carbocycles. The van der Waals surface area contributed by atoms with Gasteiger partial charge in [0.25, 0.3) is 0 Å². The van der Waals surface area contributed by atoms with Crippen LogP contribution in [0.2, 0.25) is 0 Å². The highest BCUT2D eigenvalue weighted by Crippen LogP contribution is 2.20. The molecule has 106 valence electrons. The second kappa shape index (κ2) is 6.36. The molecule has 1 aliphatic rings. The highest BCUT2D eigenvalue weighted by Gasteiger charge is 2.26. The lowest BCUT2D eigenvalue weighted by Gasteiger charge is -2.26. The Labute approximate surface area is 114 Å². The number of benzene rings is 1. The topological polar surface area (TPSA) is 55.8 Å². The van der Waals surface area contributed by atoms with E-state index < -0.39 is 10.0 Å². The second-order valence-electron chi connectivity index (χ2n) is 4.34. The van der Waals surface area contributed by atoms with Gasteiger partial charge in [0, 0.05) is 13.1 Å². The van der Waals surface area contributed by atoms with Gasteiger partial charge >= 0.3 is 0 Å². The van der Waals surface area contributed by atoms with Crippen LogP contribution in [0.1, 0.15) is 13.3 Å². The van der Waals surface area contributed by atoms with E-state index in [1.54, 1.807) is 24.3 Å². The molecule has 0 unspecified atom stereocenters. The smallest absolute Gasteiger partial charge is 0.243 e. The Kier molecular flexibility index (Phi) is 4.79. The standard InChI is InChI=1S/C13H19NO4S/c1-2-9-18-12-3-5-13(6-4-12)19(15,16)14-7-10-17-11-8-14/h3-6H,2,7-11H2,1H3. The van der Waals surface area contributed by atoms with Crippen LogP contribution >= 0.6 is 0 Å². The number of morpholine rings is 1. The van der Waals surface area contributed by atoms with Gasteiger partial charge in [0.2, 0.25) is 10.0 Å². The van der Waals surface area contributed by atoms with Crippen molar-refractivity contribution in [2.24, 2.45) is 0 Å². The van der Waals surface area contributed by atoms with Crippen LogP contribution in [0.15, 0.2) is 29.2 Å². The Morgan fingerprint density at radius 1 is 1.21 bits per heavy atom. The van der Waals surface area contributed by atoms with Gasteiger partial charge in [0.1, 0.15) is 5.75 Å². The molecule has 1 fully saturated rings. The average Bonchev–Trinajstić information content (AvgIpc) is 2.46. The molecule has 1 heterocycles.